The summed E-state index contributed by atoms with van der Waals surface area (Å²) in [6.07, 6.45) is 1.47. The maximum absolute atomic E-state index is 13.2. The number of methoxy groups -OCH3 is 2. The molecule has 0 aliphatic carbocycles. The van der Waals surface area contributed by atoms with Gasteiger partial charge in [0, 0.05) is 7.11 Å². The Morgan fingerprint density at radius 3 is 2.80 bits per heavy atom. The highest BCUT2D eigenvalue weighted by Crippen LogP contribution is 2.14. The van der Waals surface area contributed by atoms with Crippen LogP contribution in [0.25, 0.3) is 0 Å². The average Bonchev–Trinajstić information content (AvgIpc) is 2.28. The van der Waals surface area contributed by atoms with Crippen molar-refractivity contribution in [1.29, 1.82) is 0 Å². The van der Waals surface area contributed by atoms with Crippen molar-refractivity contribution in [3.63, 3.8) is 0 Å². The molecule has 15 heavy (non-hydrogen) atoms. The molecule has 84 valence electrons. The maximum Gasteiger partial charge on any atom is 0.318 e. The third kappa shape index (κ3) is 3.02. The topological polar surface area (TPSA) is 56.3 Å². The molecule has 0 aliphatic heterocycles. The van der Waals surface area contributed by atoms with Gasteiger partial charge in [0.2, 0.25) is 0 Å². The van der Waals surface area contributed by atoms with Crippen molar-refractivity contribution in [2.24, 2.45) is 0 Å². The minimum absolute atomic E-state index is 0.0792. The van der Waals surface area contributed by atoms with Gasteiger partial charge in [-0.15, -0.1) is 0 Å². The molecule has 0 saturated heterocycles. The molecule has 1 rings (SSSR count). The van der Waals surface area contributed by atoms with Gasteiger partial charge in [0.1, 0.15) is 6.23 Å². The van der Waals surface area contributed by atoms with Gasteiger partial charge in [-0.3, -0.25) is 0 Å². The molecule has 5 nitrogen and oxygen atoms in total. The summed E-state index contributed by atoms with van der Waals surface area (Å²) in [7, 11) is 2.96. The van der Waals surface area contributed by atoms with E-state index in [-0.39, 0.29) is 18.1 Å². The van der Waals surface area contributed by atoms with Gasteiger partial charge in [-0.2, -0.15) is 4.98 Å². The van der Waals surface area contributed by atoms with Crippen LogP contribution in [-0.2, 0) is 4.74 Å². The van der Waals surface area contributed by atoms with Gasteiger partial charge < -0.3 is 14.8 Å². The Morgan fingerprint density at radius 2 is 2.27 bits per heavy atom. The fraction of sp³-hybridized carbons (Fsp3) is 0.556. The molecule has 1 atom stereocenters. The van der Waals surface area contributed by atoms with E-state index in [9.17, 15) is 4.39 Å². The predicted octanol–water partition coefficient (Wildman–Crippen LogP) is 1.42. The average molecular weight is 215 g/mol. The number of nitrogens with one attached hydrogen (secondary N) is 1. The van der Waals surface area contributed by atoms with Crippen LogP contribution in [0.3, 0.4) is 0 Å². The summed E-state index contributed by atoms with van der Waals surface area (Å²) < 4.78 is 23.1. The van der Waals surface area contributed by atoms with Crippen LogP contribution in [0.15, 0.2) is 6.20 Å². The summed E-state index contributed by atoms with van der Waals surface area (Å²) in [4.78, 5) is 7.45. The SMILES string of the molecule is CCC(Nc1nc(OC)ncc1F)OC. The van der Waals surface area contributed by atoms with E-state index in [1.54, 1.807) is 0 Å². The largest absolute Gasteiger partial charge is 0.467 e. The van der Waals surface area contributed by atoms with Gasteiger partial charge in [-0.05, 0) is 6.42 Å². The first-order chi connectivity index (χ1) is 7.21. The van der Waals surface area contributed by atoms with Crippen LogP contribution in [-0.4, -0.2) is 30.4 Å². The maximum atomic E-state index is 13.2. The van der Waals surface area contributed by atoms with Gasteiger partial charge >= 0.3 is 6.01 Å². The lowest BCUT2D eigenvalue weighted by Gasteiger charge is -2.15. The monoisotopic (exact) mass is 215 g/mol. The lowest BCUT2D eigenvalue weighted by atomic mass is 10.4. The molecular weight excluding hydrogens is 201 g/mol. The molecule has 1 unspecified atom stereocenters. The first kappa shape index (κ1) is 11.6. The number of aromatic nitrogens is 2. The molecule has 0 saturated carbocycles. The summed E-state index contributed by atoms with van der Waals surface area (Å²) in [6, 6.07) is 0.116. The van der Waals surface area contributed by atoms with Crippen LogP contribution in [0.5, 0.6) is 6.01 Å². The van der Waals surface area contributed by atoms with Gasteiger partial charge in [-0.1, -0.05) is 6.92 Å². The smallest absolute Gasteiger partial charge is 0.318 e. The molecule has 1 heterocycles. The van der Waals surface area contributed by atoms with E-state index in [0.29, 0.717) is 6.42 Å². The van der Waals surface area contributed by atoms with Gasteiger partial charge in [0.25, 0.3) is 0 Å². The zero-order valence-corrected chi connectivity index (χ0v) is 8.95. The first-order valence-corrected chi connectivity index (χ1v) is 4.57. The number of rotatable bonds is 5. The number of hydrogen-bond acceptors (Lipinski definition) is 5. The summed E-state index contributed by atoms with van der Waals surface area (Å²) >= 11 is 0. The Bertz CT molecular complexity index is 318. The Hall–Kier alpha value is -1.43. The molecule has 1 aromatic rings. The van der Waals surface area contributed by atoms with Gasteiger partial charge in [0.15, 0.2) is 11.6 Å². The lowest BCUT2D eigenvalue weighted by molar-refractivity contribution is 0.121. The van der Waals surface area contributed by atoms with Crippen molar-refractivity contribution in [1.82, 2.24) is 9.97 Å². The summed E-state index contributed by atoms with van der Waals surface area (Å²) in [5, 5.41) is 2.79. The zero-order chi connectivity index (χ0) is 11.3. The highest BCUT2D eigenvalue weighted by molar-refractivity contribution is 5.36. The first-order valence-electron chi connectivity index (χ1n) is 4.57. The van der Waals surface area contributed by atoms with E-state index in [1.807, 2.05) is 6.92 Å². The molecule has 6 heteroatoms. The highest BCUT2D eigenvalue weighted by Gasteiger charge is 2.11. The van der Waals surface area contributed by atoms with Crippen LogP contribution in [0.4, 0.5) is 10.2 Å². The number of hydrogen-bond donors (Lipinski definition) is 1. The third-order valence-electron chi connectivity index (χ3n) is 1.86. The van der Waals surface area contributed by atoms with Gasteiger partial charge in [0.05, 0.1) is 13.3 Å². The van der Waals surface area contributed by atoms with Crippen molar-refractivity contribution in [2.75, 3.05) is 19.5 Å². The number of anilines is 1. The van der Waals surface area contributed by atoms with E-state index >= 15 is 0 Å². The van der Waals surface area contributed by atoms with Crippen LogP contribution in [0.2, 0.25) is 0 Å². The van der Waals surface area contributed by atoms with Crippen LogP contribution in [0.1, 0.15) is 13.3 Å². The molecule has 0 bridgehead atoms. The highest BCUT2D eigenvalue weighted by atomic mass is 19.1. The fourth-order valence-corrected chi connectivity index (χ4v) is 1.03. The Balaban J connectivity index is 2.82. The number of halogens is 1. The standard InChI is InChI=1S/C9H14FN3O2/c1-4-7(14-2)12-8-6(10)5-11-9(13-8)15-3/h5,7H,4H2,1-3H3,(H,11,12,13). The Labute approximate surface area is 87.6 Å². The summed E-state index contributed by atoms with van der Waals surface area (Å²) in [5.74, 6) is -0.457. The zero-order valence-electron chi connectivity index (χ0n) is 8.95. The van der Waals surface area contributed by atoms with E-state index < -0.39 is 5.82 Å². The molecule has 0 spiro atoms. The second-order valence-corrected chi connectivity index (χ2v) is 2.83. The van der Waals surface area contributed by atoms with E-state index in [4.69, 9.17) is 9.47 Å². The number of ether oxygens (including phenoxy) is 2. The predicted molar refractivity (Wildman–Crippen MR) is 53.3 cm³/mol. The van der Waals surface area contributed by atoms with Crippen molar-refractivity contribution in [3.8, 4) is 6.01 Å². The minimum atomic E-state index is -0.536. The second-order valence-electron chi connectivity index (χ2n) is 2.83. The van der Waals surface area contributed by atoms with Crippen LogP contribution in [0, 0.1) is 5.82 Å². The molecule has 0 aliphatic rings. The van der Waals surface area contributed by atoms with E-state index in [2.05, 4.69) is 15.3 Å². The normalized spacial score (nSPS) is 12.3. The lowest BCUT2D eigenvalue weighted by Crippen LogP contribution is -2.22. The molecule has 0 amide bonds. The third-order valence-corrected chi connectivity index (χ3v) is 1.86. The van der Waals surface area contributed by atoms with Crippen LogP contribution >= 0.6 is 0 Å². The summed E-state index contributed by atoms with van der Waals surface area (Å²) in [6.45, 7) is 1.91. The molecule has 0 radical (unpaired) electrons. The quantitative estimate of drug-likeness (QED) is 0.753. The fourth-order valence-electron chi connectivity index (χ4n) is 1.03. The second kappa shape index (κ2) is 5.45. The van der Waals surface area contributed by atoms with E-state index in [0.717, 1.165) is 6.20 Å². The van der Waals surface area contributed by atoms with E-state index in [1.165, 1.54) is 14.2 Å². The van der Waals surface area contributed by atoms with Crippen molar-refractivity contribution >= 4 is 5.82 Å². The number of nitrogens with zero attached hydrogens (tertiary/aromatic N) is 2. The molecule has 0 fully saturated rings. The minimum Gasteiger partial charge on any atom is -0.467 e. The van der Waals surface area contributed by atoms with Gasteiger partial charge in [-0.25, -0.2) is 9.37 Å². The van der Waals surface area contributed by atoms with Crippen molar-refractivity contribution < 1.29 is 13.9 Å². The molecule has 1 N–H and O–H groups in total. The molecular formula is C9H14FN3O2. The Morgan fingerprint density at radius 1 is 1.53 bits per heavy atom. The molecule has 1 aromatic heterocycles. The summed E-state index contributed by atoms with van der Waals surface area (Å²) in [5.41, 5.74) is 0. The van der Waals surface area contributed by atoms with Crippen LogP contribution < -0.4 is 10.1 Å². The van der Waals surface area contributed by atoms with Crippen molar-refractivity contribution in [2.45, 2.75) is 19.6 Å². The van der Waals surface area contributed by atoms with Crippen molar-refractivity contribution in [3.05, 3.63) is 12.0 Å². The molecule has 0 aromatic carbocycles. The Kier molecular flexibility index (Phi) is 4.23.